The number of esters is 1. The highest BCUT2D eigenvalue weighted by atomic mass is 16.5. The fourth-order valence-electron chi connectivity index (χ4n) is 4.02. The van der Waals surface area contributed by atoms with Gasteiger partial charge in [0.05, 0.1) is 23.7 Å². The standard InChI is InChI=1S/C26H19NO2/c1-29-26(28)22-13-6-5-11-20(22)18-15-16-25-23(17-18)21-12-7-8-14-24(21)27(25)19-9-3-2-4-10-19/h2-17H,1H3. The summed E-state index contributed by atoms with van der Waals surface area (Å²) in [5.74, 6) is -0.326. The number of nitrogens with zero attached hydrogens (tertiary/aromatic N) is 1. The first kappa shape index (κ1) is 17.3. The molecule has 0 N–H and O–H groups in total. The Morgan fingerprint density at radius 1 is 0.724 bits per heavy atom. The second-order valence-electron chi connectivity index (χ2n) is 6.96. The third-order valence-corrected chi connectivity index (χ3v) is 5.33. The van der Waals surface area contributed by atoms with Crippen LogP contribution in [0, 0.1) is 0 Å². The number of hydrogen-bond donors (Lipinski definition) is 0. The van der Waals surface area contributed by atoms with Crippen LogP contribution in [0.5, 0.6) is 0 Å². The molecule has 140 valence electrons. The first-order valence-electron chi connectivity index (χ1n) is 9.54. The zero-order chi connectivity index (χ0) is 19.8. The lowest BCUT2D eigenvalue weighted by molar-refractivity contribution is 0.0601. The largest absolute Gasteiger partial charge is 0.465 e. The second-order valence-corrected chi connectivity index (χ2v) is 6.96. The van der Waals surface area contributed by atoms with Crippen molar-refractivity contribution in [3.63, 3.8) is 0 Å². The fraction of sp³-hybridized carbons (Fsp3) is 0.0385. The van der Waals surface area contributed by atoms with E-state index in [4.69, 9.17) is 4.74 Å². The van der Waals surface area contributed by atoms with E-state index in [0.29, 0.717) is 5.56 Å². The quantitative estimate of drug-likeness (QED) is 0.349. The van der Waals surface area contributed by atoms with Crippen LogP contribution in [0.15, 0.2) is 97.1 Å². The van der Waals surface area contributed by atoms with E-state index in [1.54, 1.807) is 6.07 Å². The molecule has 1 heterocycles. The predicted octanol–water partition coefficient (Wildman–Crippen LogP) is 6.24. The van der Waals surface area contributed by atoms with Crippen LogP contribution in [-0.2, 0) is 4.74 Å². The highest BCUT2D eigenvalue weighted by molar-refractivity contribution is 6.11. The zero-order valence-corrected chi connectivity index (χ0v) is 16.0. The first-order valence-corrected chi connectivity index (χ1v) is 9.54. The van der Waals surface area contributed by atoms with Crippen LogP contribution in [0.4, 0.5) is 0 Å². The minimum Gasteiger partial charge on any atom is -0.465 e. The minimum absolute atomic E-state index is 0.326. The summed E-state index contributed by atoms with van der Waals surface area (Å²) in [7, 11) is 1.41. The normalized spacial score (nSPS) is 11.1. The molecule has 0 spiro atoms. The van der Waals surface area contributed by atoms with Crippen LogP contribution >= 0.6 is 0 Å². The van der Waals surface area contributed by atoms with Gasteiger partial charge in [0.2, 0.25) is 0 Å². The van der Waals surface area contributed by atoms with Gasteiger partial charge >= 0.3 is 5.97 Å². The van der Waals surface area contributed by atoms with Gasteiger partial charge in [0, 0.05) is 16.5 Å². The molecule has 0 saturated carbocycles. The number of benzene rings is 4. The molecule has 0 fully saturated rings. The van der Waals surface area contributed by atoms with E-state index >= 15 is 0 Å². The fourth-order valence-corrected chi connectivity index (χ4v) is 4.02. The van der Waals surface area contributed by atoms with E-state index in [1.807, 2.05) is 24.3 Å². The molecule has 1 aromatic heterocycles. The van der Waals surface area contributed by atoms with Gasteiger partial charge in [0.25, 0.3) is 0 Å². The number of aromatic nitrogens is 1. The Morgan fingerprint density at radius 3 is 2.24 bits per heavy atom. The molecule has 0 bridgehead atoms. The molecule has 0 radical (unpaired) electrons. The number of rotatable bonds is 3. The lowest BCUT2D eigenvalue weighted by Crippen LogP contribution is -2.03. The summed E-state index contributed by atoms with van der Waals surface area (Å²) < 4.78 is 7.25. The molecule has 0 amide bonds. The van der Waals surface area contributed by atoms with Crippen LogP contribution in [0.3, 0.4) is 0 Å². The van der Waals surface area contributed by atoms with Gasteiger partial charge in [-0.2, -0.15) is 0 Å². The number of fused-ring (bicyclic) bond motifs is 3. The predicted molar refractivity (Wildman–Crippen MR) is 118 cm³/mol. The van der Waals surface area contributed by atoms with Crippen LogP contribution in [0.1, 0.15) is 10.4 Å². The van der Waals surface area contributed by atoms with Gasteiger partial charge in [-0.3, -0.25) is 0 Å². The van der Waals surface area contributed by atoms with Gasteiger partial charge in [-0.25, -0.2) is 4.79 Å². The van der Waals surface area contributed by atoms with Crippen molar-refractivity contribution in [1.82, 2.24) is 4.57 Å². The molecule has 0 unspecified atom stereocenters. The molecule has 5 aromatic rings. The summed E-state index contributed by atoms with van der Waals surface area (Å²) >= 11 is 0. The molecular weight excluding hydrogens is 358 g/mol. The summed E-state index contributed by atoms with van der Waals surface area (Å²) in [6.07, 6.45) is 0. The van der Waals surface area contributed by atoms with Crippen LogP contribution in [0.2, 0.25) is 0 Å². The number of para-hydroxylation sites is 2. The highest BCUT2D eigenvalue weighted by Gasteiger charge is 2.16. The van der Waals surface area contributed by atoms with Crippen molar-refractivity contribution < 1.29 is 9.53 Å². The molecule has 3 nitrogen and oxygen atoms in total. The molecule has 0 saturated heterocycles. The Balaban J connectivity index is 1.80. The van der Waals surface area contributed by atoms with E-state index < -0.39 is 0 Å². The first-order chi connectivity index (χ1) is 14.3. The third-order valence-electron chi connectivity index (χ3n) is 5.33. The summed E-state index contributed by atoms with van der Waals surface area (Å²) in [4.78, 5) is 12.2. The molecule has 4 aromatic carbocycles. The molecule has 0 aliphatic heterocycles. The average molecular weight is 377 g/mol. The number of carbonyl (C=O) groups excluding carboxylic acids is 1. The van der Waals surface area contributed by atoms with Gasteiger partial charge in [-0.1, -0.05) is 60.7 Å². The minimum atomic E-state index is -0.326. The maximum Gasteiger partial charge on any atom is 0.338 e. The van der Waals surface area contributed by atoms with Crippen molar-refractivity contribution in [1.29, 1.82) is 0 Å². The maximum atomic E-state index is 12.2. The van der Waals surface area contributed by atoms with Crippen molar-refractivity contribution in [3.05, 3.63) is 103 Å². The van der Waals surface area contributed by atoms with Crippen molar-refractivity contribution in [2.75, 3.05) is 7.11 Å². The third kappa shape index (κ3) is 2.79. The van der Waals surface area contributed by atoms with Gasteiger partial charge in [-0.05, 0) is 47.5 Å². The number of carbonyl (C=O) groups is 1. The molecule has 0 aliphatic rings. The van der Waals surface area contributed by atoms with E-state index in [2.05, 4.69) is 71.3 Å². The van der Waals surface area contributed by atoms with Crippen molar-refractivity contribution in [2.24, 2.45) is 0 Å². The lowest BCUT2D eigenvalue weighted by atomic mass is 9.98. The Bertz CT molecular complexity index is 1350. The molecule has 5 rings (SSSR count). The van der Waals surface area contributed by atoms with Crippen LogP contribution < -0.4 is 0 Å². The summed E-state index contributed by atoms with van der Waals surface area (Å²) in [6, 6.07) is 32.7. The maximum absolute atomic E-state index is 12.2. The van der Waals surface area contributed by atoms with E-state index in [9.17, 15) is 4.79 Å². The Hall–Kier alpha value is -3.85. The van der Waals surface area contributed by atoms with Gasteiger partial charge in [-0.15, -0.1) is 0 Å². The smallest absolute Gasteiger partial charge is 0.338 e. The van der Waals surface area contributed by atoms with Crippen molar-refractivity contribution in [3.8, 4) is 16.8 Å². The van der Waals surface area contributed by atoms with Gasteiger partial charge in [0.1, 0.15) is 0 Å². The highest BCUT2D eigenvalue weighted by Crippen LogP contribution is 2.35. The van der Waals surface area contributed by atoms with Gasteiger partial charge in [0.15, 0.2) is 0 Å². The summed E-state index contributed by atoms with van der Waals surface area (Å²) in [6.45, 7) is 0. The number of methoxy groups -OCH3 is 1. The SMILES string of the molecule is COC(=O)c1ccccc1-c1ccc2c(c1)c1ccccc1n2-c1ccccc1. The Morgan fingerprint density at radius 2 is 1.41 bits per heavy atom. The molecule has 3 heteroatoms. The molecule has 29 heavy (non-hydrogen) atoms. The molecular formula is C26H19NO2. The Kier molecular flexibility index (Phi) is 4.14. The average Bonchev–Trinajstić information content (AvgIpc) is 3.13. The van der Waals surface area contributed by atoms with E-state index in [1.165, 1.54) is 12.5 Å². The lowest BCUT2D eigenvalue weighted by Gasteiger charge is -2.10. The van der Waals surface area contributed by atoms with Crippen molar-refractivity contribution >= 4 is 27.8 Å². The second kappa shape index (κ2) is 6.95. The van der Waals surface area contributed by atoms with Crippen molar-refractivity contribution in [2.45, 2.75) is 0 Å². The topological polar surface area (TPSA) is 31.2 Å². The van der Waals surface area contributed by atoms with Gasteiger partial charge < -0.3 is 9.30 Å². The van der Waals surface area contributed by atoms with Crippen LogP contribution in [-0.4, -0.2) is 17.6 Å². The van der Waals surface area contributed by atoms with E-state index in [0.717, 1.165) is 33.2 Å². The number of hydrogen-bond acceptors (Lipinski definition) is 2. The van der Waals surface area contributed by atoms with Crippen LogP contribution in [0.25, 0.3) is 38.6 Å². The Labute approximate surface area is 168 Å². The van der Waals surface area contributed by atoms with E-state index in [-0.39, 0.29) is 5.97 Å². The summed E-state index contributed by atoms with van der Waals surface area (Å²) in [5.41, 5.74) is 5.86. The molecule has 0 aliphatic carbocycles. The molecule has 0 atom stereocenters. The zero-order valence-electron chi connectivity index (χ0n) is 16.0. The summed E-state index contributed by atoms with van der Waals surface area (Å²) in [5, 5.41) is 2.34. The monoisotopic (exact) mass is 377 g/mol. The number of ether oxygens (including phenoxy) is 1.